The molecule has 4 N–H and O–H groups in total. The van der Waals surface area contributed by atoms with Crippen LogP contribution in [0.3, 0.4) is 0 Å². The minimum Gasteiger partial charge on any atom is -0.508 e. The lowest BCUT2D eigenvalue weighted by Gasteiger charge is -2.24. The molecule has 2 aromatic rings. The minimum atomic E-state index is -0.468. The fourth-order valence-corrected chi connectivity index (χ4v) is 3.11. The Morgan fingerprint density at radius 3 is 2.59 bits per heavy atom. The molecular weight excluding hydrogens is 348 g/mol. The molecule has 0 unspecified atom stereocenters. The molecule has 0 spiro atoms. The first-order valence-corrected chi connectivity index (χ1v) is 9.30. The number of aliphatic hydroxyl groups is 1. The van der Waals surface area contributed by atoms with E-state index in [1.165, 1.54) is 0 Å². The predicted molar refractivity (Wildman–Crippen MR) is 98.1 cm³/mol. The zero-order valence-electron chi connectivity index (χ0n) is 15.4. The van der Waals surface area contributed by atoms with Crippen LogP contribution in [0.1, 0.15) is 49.1 Å². The molecule has 0 bridgehead atoms. The molecule has 3 rings (SSSR count). The quantitative estimate of drug-likeness (QED) is 0.576. The number of piperidine rings is 1. The third-order valence-electron chi connectivity index (χ3n) is 4.85. The number of hydrogen-bond acceptors (Lipinski definition) is 7. The lowest BCUT2D eigenvalue weighted by atomic mass is 9.96. The molecule has 1 fully saturated rings. The van der Waals surface area contributed by atoms with Gasteiger partial charge in [-0.1, -0.05) is 19.1 Å². The molecule has 146 valence electrons. The second-order valence-corrected chi connectivity index (χ2v) is 7.02. The normalized spacial score (nSPS) is 17.4. The highest BCUT2D eigenvalue weighted by Gasteiger charge is 2.27. The van der Waals surface area contributed by atoms with Crippen LogP contribution in [0, 0.1) is 5.92 Å². The summed E-state index contributed by atoms with van der Waals surface area (Å²) < 4.78 is 5.72. The zero-order valence-corrected chi connectivity index (χ0v) is 15.4. The Kier molecular flexibility index (Phi) is 6.41. The van der Waals surface area contributed by atoms with E-state index >= 15 is 0 Å². The van der Waals surface area contributed by atoms with Gasteiger partial charge in [0.25, 0.3) is 0 Å². The summed E-state index contributed by atoms with van der Waals surface area (Å²) in [5.74, 6) is 0.536. The highest BCUT2D eigenvalue weighted by atomic mass is 16.4. The molecule has 1 aliphatic heterocycles. The van der Waals surface area contributed by atoms with Crippen molar-refractivity contribution in [2.45, 2.75) is 38.1 Å². The summed E-state index contributed by atoms with van der Waals surface area (Å²) in [5.41, 5.74) is 0.929. The standard InChI is InChI=1S/C19H26N4O4/c1-12(11-24)18-22-23-19(27-18)16(10-13-2-4-15(25)5-3-13)21-17(26)14-6-8-20-9-7-14/h2-5,12,14,16,20,24-25H,6-11H2,1H3,(H,21,26)/t12-,16-/m0/s1. The monoisotopic (exact) mass is 374 g/mol. The van der Waals surface area contributed by atoms with E-state index in [1.807, 2.05) is 0 Å². The third kappa shape index (κ3) is 5.05. The Balaban J connectivity index is 1.78. The van der Waals surface area contributed by atoms with Crippen LogP contribution in [0.15, 0.2) is 28.7 Å². The molecule has 2 heterocycles. The average molecular weight is 374 g/mol. The first-order chi connectivity index (χ1) is 13.1. The van der Waals surface area contributed by atoms with E-state index in [0.717, 1.165) is 31.5 Å². The van der Waals surface area contributed by atoms with Crippen molar-refractivity contribution in [3.05, 3.63) is 41.6 Å². The number of carbonyl (C=O) groups is 1. The molecular formula is C19H26N4O4. The highest BCUT2D eigenvalue weighted by Crippen LogP contribution is 2.23. The zero-order chi connectivity index (χ0) is 19.2. The number of benzene rings is 1. The number of aromatic nitrogens is 2. The van der Waals surface area contributed by atoms with Crippen molar-refractivity contribution in [2.24, 2.45) is 5.92 Å². The van der Waals surface area contributed by atoms with E-state index in [4.69, 9.17) is 4.42 Å². The van der Waals surface area contributed by atoms with E-state index in [-0.39, 0.29) is 30.1 Å². The van der Waals surface area contributed by atoms with Crippen LogP contribution in [0.25, 0.3) is 0 Å². The molecule has 8 heteroatoms. The maximum Gasteiger partial charge on any atom is 0.239 e. The summed E-state index contributed by atoms with van der Waals surface area (Å²) in [6.45, 7) is 3.37. The number of carbonyl (C=O) groups excluding carboxylic acids is 1. The van der Waals surface area contributed by atoms with Gasteiger partial charge in [-0.3, -0.25) is 4.79 Å². The molecule has 1 aliphatic rings. The van der Waals surface area contributed by atoms with Gasteiger partial charge in [0.1, 0.15) is 11.8 Å². The van der Waals surface area contributed by atoms with Crippen LogP contribution >= 0.6 is 0 Å². The van der Waals surface area contributed by atoms with Crippen molar-refractivity contribution in [3.8, 4) is 5.75 Å². The predicted octanol–water partition coefficient (Wildman–Crippen LogP) is 1.27. The topological polar surface area (TPSA) is 121 Å². The van der Waals surface area contributed by atoms with Gasteiger partial charge in [0.15, 0.2) is 0 Å². The maximum absolute atomic E-state index is 12.7. The van der Waals surface area contributed by atoms with Gasteiger partial charge in [-0.05, 0) is 43.6 Å². The molecule has 1 aromatic carbocycles. The van der Waals surface area contributed by atoms with Crippen LogP contribution in [0.2, 0.25) is 0 Å². The summed E-state index contributed by atoms with van der Waals surface area (Å²) >= 11 is 0. The molecule has 1 amide bonds. The fourth-order valence-electron chi connectivity index (χ4n) is 3.11. The summed E-state index contributed by atoms with van der Waals surface area (Å²) in [4.78, 5) is 12.7. The van der Waals surface area contributed by atoms with Gasteiger partial charge in [0.05, 0.1) is 12.5 Å². The largest absolute Gasteiger partial charge is 0.508 e. The Bertz CT molecular complexity index is 740. The lowest BCUT2D eigenvalue weighted by Crippen LogP contribution is -2.40. The van der Waals surface area contributed by atoms with E-state index < -0.39 is 6.04 Å². The van der Waals surface area contributed by atoms with Gasteiger partial charge < -0.3 is 25.3 Å². The number of phenolic OH excluding ortho intramolecular Hbond substituents is 1. The van der Waals surface area contributed by atoms with Gasteiger partial charge in [-0.15, -0.1) is 10.2 Å². The summed E-state index contributed by atoms with van der Waals surface area (Å²) in [6.07, 6.45) is 2.06. The van der Waals surface area contributed by atoms with Crippen molar-refractivity contribution < 1.29 is 19.4 Å². The molecule has 0 radical (unpaired) electrons. The summed E-state index contributed by atoms with van der Waals surface area (Å²) in [6, 6.07) is 6.34. The fraction of sp³-hybridized carbons (Fsp3) is 0.526. The first kappa shape index (κ1) is 19.3. The van der Waals surface area contributed by atoms with Gasteiger partial charge in [0, 0.05) is 12.3 Å². The molecule has 1 saturated heterocycles. The average Bonchev–Trinajstić information content (AvgIpc) is 3.19. The lowest BCUT2D eigenvalue weighted by molar-refractivity contribution is -0.126. The maximum atomic E-state index is 12.7. The SMILES string of the molecule is C[C@@H](CO)c1nnc([C@H](Cc2ccc(O)cc2)NC(=O)C2CCNCC2)o1. The van der Waals surface area contributed by atoms with Crippen molar-refractivity contribution >= 4 is 5.91 Å². The van der Waals surface area contributed by atoms with Crippen molar-refractivity contribution in [1.29, 1.82) is 0 Å². The second-order valence-electron chi connectivity index (χ2n) is 7.02. The molecule has 8 nitrogen and oxygen atoms in total. The van der Waals surface area contributed by atoms with Crippen LogP contribution in [0.5, 0.6) is 5.75 Å². The molecule has 0 saturated carbocycles. The minimum absolute atomic E-state index is 0.0183. The van der Waals surface area contributed by atoms with Crippen LogP contribution in [0.4, 0.5) is 0 Å². The number of hydrogen-bond donors (Lipinski definition) is 4. The Labute approximate surface area is 158 Å². The van der Waals surface area contributed by atoms with Crippen LogP contribution in [-0.2, 0) is 11.2 Å². The van der Waals surface area contributed by atoms with Gasteiger partial charge in [-0.2, -0.15) is 0 Å². The van der Waals surface area contributed by atoms with Crippen molar-refractivity contribution in [2.75, 3.05) is 19.7 Å². The molecule has 2 atom stereocenters. The van der Waals surface area contributed by atoms with E-state index in [1.54, 1.807) is 31.2 Å². The molecule has 27 heavy (non-hydrogen) atoms. The molecule has 1 aromatic heterocycles. The number of rotatable bonds is 7. The Morgan fingerprint density at radius 1 is 1.26 bits per heavy atom. The summed E-state index contributed by atoms with van der Waals surface area (Å²) in [7, 11) is 0. The van der Waals surface area contributed by atoms with Crippen molar-refractivity contribution in [1.82, 2.24) is 20.8 Å². The first-order valence-electron chi connectivity index (χ1n) is 9.30. The van der Waals surface area contributed by atoms with E-state index in [2.05, 4.69) is 20.8 Å². The van der Waals surface area contributed by atoms with E-state index in [9.17, 15) is 15.0 Å². The number of nitrogens with zero attached hydrogens (tertiary/aromatic N) is 2. The second kappa shape index (κ2) is 8.96. The third-order valence-corrected chi connectivity index (χ3v) is 4.85. The van der Waals surface area contributed by atoms with E-state index in [0.29, 0.717) is 18.2 Å². The smallest absolute Gasteiger partial charge is 0.239 e. The number of phenols is 1. The number of aromatic hydroxyl groups is 1. The Morgan fingerprint density at radius 2 is 1.93 bits per heavy atom. The number of amides is 1. The van der Waals surface area contributed by atoms with Crippen LogP contribution < -0.4 is 10.6 Å². The number of aliphatic hydroxyl groups excluding tert-OH is 1. The van der Waals surface area contributed by atoms with Gasteiger partial charge >= 0.3 is 0 Å². The Hall–Kier alpha value is -2.45. The summed E-state index contributed by atoms with van der Waals surface area (Å²) in [5, 5.41) is 33.2. The van der Waals surface area contributed by atoms with Gasteiger partial charge in [-0.25, -0.2) is 0 Å². The number of nitrogens with one attached hydrogen (secondary N) is 2. The highest BCUT2D eigenvalue weighted by molar-refractivity contribution is 5.79. The molecule has 0 aliphatic carbocycles. The van der Waals surface area contributed by atoms with Crippen LogP contribution in [-0.4, -0.2) is 46.0 Å². The van der Waals surface area contributed by atoms with Gasteiger partial charge in [0.2, 0.25) is 17.7 Å². The van der Waals surface area contributed by atoms with Crippen molar-refractivity contribution in [3.63, 3.8) is 0 Å².